The van der Waals surface area contributed by atoms with Crippen molar-refractivity contribution < 1.29 is 9.15 Å². The molecule has 0 aliphatic rings. The van der Waals surface area contributed by atoms with Gasteiger partial charge in [0.15, 0.2) is 0 Å². The first-order valence-corrected chi connectivity index (χ1v) is 3.05. The molecule has 1 rings (SSSR count). The smallest absolute Gasteiger partial charge is 0.147 e. The average Bonchev–Trinajstić information content (AvgIpc) is 2.52. The number of ether oxygens (including phenoxy) is 1. The summed E-state index contributed by atoms with van der Waals surface area (Å²) < 4.78 is 9.64. The highest BCUT2D eigenvalue weighted by atomic mass is 16.5. The average molecular weight is 149 g/mol. The number of furan rings is 1. The zero-order valence-electron chi connectivity index (χ0n) is 6.07. The number of hydrogen-bond donors (Lipinski definition) is 0. The largest absolute Gasteiger partial charge is 0.503 e. The van der Waals surface area contributed by atoms with Crippen molar-refractivity contribution >= 4 is 5.57 Å². The van der Waals surface area contributed by atoms with Gasteiger partial charge in [-0.25, -0.2) is 0 Å². The fourth-order valence-corrected chi connectivity index (χ4v) is 0.689. The summed E-state index contributed by atoms with van der Waals surface area (Å²) >= 11 is 0. The first-order valence-electron chi connectivity index (χ1n) is 3.05. The molecule has 0 unspecified atom stereocenters. The third kappa shape index (κ3) is 1.62. The van der Waals surface area contributed by atoms with E-state index < -0.39 is 0 Å². The second kappa shape index (κ2) is 3.47. The van der Waals surface area contributed by atoms with Gasteiger partial charge >= 0.3 is 0 Å². The zero-order valence-corrected chi connectivity index (χ0v) is 6.07. The molecule has 1 heterocycles. The topological polar surface area (TPSA) is 46.2 Å². The quantitative estimate of drug-likeness (QED) is 0.475. The summed E-state index contributed by atoms with van der Waals surface area (Å²) in [5.74, 6) is 0.523. The van der Waals surface area contributed by atoms with Crippen molar-refractivity contribution in [2.75, 3.05) is 7.11 Å². The van der Waals surface area contributed by atoms with Crippen LogP contribution in [0.1, 0.15) is 5.76 Å². The summed E-state index contributed by atoms with van der Waals surface area (Å²) in [6.45, 7) is 0. The van der Waals surface area contributed by atoms with Crippen molar-refractivity contribution in [3.63, 3.8) is 0 Å². The Kier molecular flexibility index (Phi) is 2.34. The van der Waals surface area contributed by atoms with E-state index in [1.807, 2.05) is 6.07 Å². The van der Waals surface area contributed by atoms with Gasteiger partial charge in [-0.3, -0.25) is 0 Å². The van der Waals surface area contributed by atoms with E-state index in [1.54, 1.807) is 12.1 Å². The molecule has 0 saturated heterocycles. The maximum Gasteiger partial charge on any atom is 0.147 e. The van der Waals surface area contributed by atoms with Crippen LogP contribution in [0.2, 0.25) is 0 Å². The Labute approximate surface area is 64.5 Å². The van der Waals surface area contributed by atoms with Gasteiger partial charge in [0.2, 0.25) is 0 Å². The number of rotatable bonds is 2. The van der Waals surface area contributed by atoms with Crippen molar-refractivity contribution in [3.05, 3.63) is 30.4 Å². The molecule has 0 spiro atoms. The maximum absolute atomic E-state index is 8.57. The van der Waals surface area contributed by atoms with Crippen LogP contribution in [0.4, 0.5) is 0 Å². The normalized spacial score (nSPS) is 10.7. The highest BCUT2D eigenvalue weighted by Gasteiger charge is 2.01. The Bertz CT molecular complexity index is 280. The molecular weight excluding hydrogens is 142 g/mol. The van der Waals surface area contributed by atoms with Gasteiger partial charge in [-0.15, -0.1) is 0 Å². The fourth-order valence-electron chi connectivity index (χ4n) is 0.689. The minimum Gasteiger partial charge on any atom is -0.503 e. The first kappa shape index (κ1) is 7.42. The summed E-state index contributed by atoms with van der Waals surface area (Å²) in [6.07, 6.45) is 2.86. The van der Waals surface area contributed by atoms with Crippen LogP contribution < -0.4 is 0 Å². The minimum atomic E-state index is 0.387. The molecule has 1 aromatic heterocycles. The van der Waals surface area contributed by atoms with Crippen LogP contribution in [0, 0.1) is 11.3 Å². The van der Waals surface area contributed by atoms with Crippen molar-refractivity contribution in [2.24, 2.45) is 0 Å². The van der Waals surface area contributed by atoms with Crippen molar-refractivity contribution in [3.8, 4) is 6.07 Å². The Hall–Kier alpha value is -1.69. The number of hydrogen-bond acceptors (Lipinski definition) is 3. The Morgan fingerprint density at radius 1 is 1.82 bits per heavy atom. The molecule has 0 saturated carbocycles. The summed E-state index contributed by atoms with van der Waals surface area (Å²) in [5, 5.41) is 8.57. The van der Waals surface area contributed by atoms with Crippen molar-refractivity contribution in [1.82, 2.24) is 0 Å². The van der Waals surface area contributed by atoms with E-state index in [2.05, 4.69) is 4.74 Å². The second-order valence-electron chi connectivity index (χ2n) is 1.86. The monoisotopic (exact) mass is 149 g/mol. The molecule has 0 atom stereocenters. The SMILES string of the molecule is CO/C=C(\C#N)c1ccco1. The summed E-state index contributed by atoms with van der Waals surface area (Å²) in [4.78, 5) is 0. The Morgan fingerprint density at radius 3 is 3.09 bits per heavy atom. The van der Waals surface area contributed by atoms with Gasteiger partial charge in [0, 0.05) is 0 Å². The highest BCUT2D eigenvalue weighted by Crippen LogP contribution is 2.12. The lowest BCUT2D eigenvalue weighted by Gasteiger charge is -1.90. The number of allylic oxidation sites excluding steroid dienone is 1. The molecule has 0 aliphatic carbocycles. The first-order chi connectivity index (χ1) is 5.38. The van der Waals surface area contributed by atoms with Gasteiger partial charge in [-0.05, 0) is 12.1 Å². The van der Waals surface area contributed by atoms with Gasteiger partial charge in [-0.2, -0.15) is 5.26 Å². The Morgan fingerprint density at radius 2 is 2.64 bits per heavy atom. The lowest BCUT2D eigenvalue weighted by molar-refractivity contribution is 0.339. The summed E-state index contributed by atoms with van der Waals surface area (Å²) in [7, 11) is 1.49. The number of nitriles is 1. The van der Waals surface area contributed by atoms with Gasteiger partial charge in [-0.1, -0.05) is 0 Å². The summed E-state index contributed by atoms with van der Waals surface area (Å²) in [6, 6.07) is 5.37. The summed E-state index contributed by atoms with van der Waals surface area (Å²) in [5.41, 5.74) is 0.387. The highest BCUT2D eigenvalue weighted by molar-refractivity contribution is 5.72. The third-order valence-corrected chi connectivity index (χ3v) is 1.14. The molecule has 0 aliphatic heterocycles. The molecule has 0 amide bonds. The van der Waals surface area contributed by atoms with Crippen LogP contribution in [0.25, 0.3) is 5.57 Å². The molecule has 0 radical (unpaired) electrons. The van der Waals surface area contributed by atoms with Gasteiger partial charge in [0.25, 0.3) is 0 Å². The minimum absolute atomic E-state index is 0.387. The van der Waals surface area contributed by atoms with Crippen LogP contribution in [0.15, 0.2) is 29.1 Å². The van der Waals surface area contributed by atoms with Gasteiger partial charge < -0.3 is 9.15 Å². The molecule has 3 nitrogen and oxygen atoms in total. The predicted molar refractivity (Wildman–Crippen MR) is 39.3 cm³/mol. The van der Waals surface area contributed by atoms with E-state index in [1.165, 1.54) is 19.6 Å². The molecule has 0 bridgehead atoms. The third-order valence-electron chi connectivity index (χ3n) is 1.14. The second-order valence-corrected chi connectivity index (χ2v) is 1.86. The van der Waals surface area contributed by atoms with E-state index >= 15 is 0 Å². The molecule has 0 N–H and O–H groups in total. The van der Waals surface area contributed by atoms with Gasteiger partial charge in [0.1, 0.15) is 23.7 Å². The van der Waals surface area contributed by atoms with Gasteiger partial charge in [0.05, 0.1) is 13.4 Å². The molecule has 56 valence electrons. The molecule has 0 fully saturated rings. The van der Waals surface area contributed by atoms with Crippen LogP contribution >= 0.6 is 0 Å². The molecule has 3 heteroatoms. The lowest BCUT2D eigenvalue weighted by atomic mass is 10.2. The molecule has 11 heavy (non-hydrogen) atoms. The van der Waals surface area contributed by atoms with Crippen molar-refractivity contribution in [1.29, 1.82) is 5.26 Å². The molecular formula is C8H7NO2. The van der Waals surface area contributed by atoms with E-state index in [-0.39, 0.29) is 0 Å². The number of methoxy groups -OCH3 is 1. The zero-order chi connectivity index (χ0) is 8.10. The Balaban J connectivity index is 2.91. The fraction of sp³-hybridized carbons (Fsp3) is 0.125. The van der Waals surface area contributed by atoms with E-state index in [0.717, 1.165) is 0 Å². The molecule has 1 aromatic rings. The predicted octanol–water partition coefficient (Wildman–Crippen LogP) is 1.79. The number of nitrogens with zero attached hydrogens (tertiary/aromatic N) is 1. The van der Waals surface area contributed by atoms with Crippen LogP contribution in [0.5, 0.6) is 0 Å². The van der Waals surface area contributed by atoms with Crippen LogP contribution in [-0.4, -0.2) is 7.11 Å². The van der Waals surface area contributed by atoms with Crippen LogP contribution in [-0.2, 0) is 4.74 Å². The van der Waals surface area contributed by atoms with Crippen LogP contribution in [0.3, 0.4) is 0 Å². The van der Waals surface area contributed by atoms with E-state index in [4.69, 9.17) is 9.68 Å². The van der Waals surface area contributed by atoms with E-state index in [0.29, 0.717) is 11.3 Å². The molecule has 0 aromatic carbocycles. The van der Waals surface area contributed by atoms with E-state index in [9.17, 15) is 0 Å². The maximum atomic E-state index is 8.57. The standard InChI is InChI=1S/C8H7NO2/c1-10-6-7(5-9)8-3-2-4-11-8/h2-4,6H,1H3/b7-6+. The van der Waals surface area contributed by atoms with Crippen molar-refractivity contribution in [2.45, 2.75) is 0 Å². The lowest BCUT2D eigenvalue weighted by Crippen LogP contribution is -1.77.